The van der Waals surface area contributed by atoms with Gasteiger partial charge in [0.05, 0.1) is 11.5 Å². The maximum atomic E-state index is 11.5. The van der Waals surface area contributed by atoms with Gasteiger partial charge in [-0.2, -0.15) is 0 Å². The second-order valence-electron chi connectivity index (χ2n) is 5.56. The molecule has 2 aromatic rings. The molecule has 2 N–H and O–H groups in total. The zero-order valence-electron chi connectivity index (χ0n) is 12.6. The lowest BCUT2D eigenvalue weighted by Crippen LogP contribution is -2.21. The normalized spacial score (nSPS) is 19.5. The first kappa shape index (κ1) is 16.0. The number of nitrogens with one attached hydrogen (secondary N) is 2. The lowest BCUT2D eigenvalue weighted by molar-refractivity contribution is 0.602. The quantitative estimate of drug-likeness (QED) is 0.880. The van der Waals surface area contributed by atoms with Gasteiger partial charge < -0.3 is 10.6 Å². The van der Waals surface area contributed by atoms with Gasteiger partial charge in [-0.15, -0.1) is 0 Å². The highest BCUT2D eigenvalue weighted by Gasteiger charge is 2.28. The van der Waals surface area contributed by atoms with Crippen LogP contribution in [0.15, 0.2) is 30.3 Å². The predicted octanol–water partition coefficient (Wildman–Crippen LogP) is 2.78. The Bertz CT molecular complexity index is 809. The van der Waals surface area contributed by atoms with E-state index in [0.29, 0.717) is 28.9 Å². The molecule has 1 saturated heterocycles. The average molecular weight is 353 g/mol. The molecule has 3 rings (SSSR count). The highest BCUT2D eigenvalue weighted by atomic mass is 35.5. The fourth-order valence-electron chi connectivity index (χ4n) is 2.50. The fraction of sp³-hybridized carbons (Fsp3) is 0.333. The molecule has 1 aliphatic rings. The van der Waals surface area contributed by atoms with Crippen LogP contribution in [0.3, 0.4) is 0 Å². The average Bonchev–Trinajstić information content (AvgIpc) is 2.80. The van der Waals surface area contributed by atoms with Crippen LogP contribution in [-0.2, 0) is 9.84 Å². The van der Waals surface area contributed by atoms with Crippen molar-refractivity contribution in [2.45, 2.75) is 19.4 Å². The zero-order valence-corrected chi connectivity index (χ0v) is 14.2. The summed E-state index contributed by atoms with van der Waals surface area (Å²) >= 11 is 5.87. The Morgan fingerprint density at radius 3 is 2.52 bits per heavy atom. The van der Waals surface area contributed by atoms with Crippen molar-refractivity contribution in [3.63, 3.8) is 0 Å². The molecule has 1 unspecified atom stereocenters. The van der Waals surface area contributed by atoms with E-state index in [1.807, 2.05) is 12.1 Å². The van der Waals surface area contributed by atoms with Crippen LogP contribution in [0, 0.1) is 6.92 Å². The lowest BCUT2D eigenvalue weighted by atomic mass is 10.2. The summed E-state index contributed by atoms with van der Waals surface area (Å²) in [5, 5.41) is 7.03. The summed E-state index contributed by atoms with van der Waals surface area (Å²) in [5.74, 6) is 2.24. The fourth-order valence-corrected chi connectivity index (χ4v) is 4.30. The Kier molecular flexibility index (Phi) is 4.41. The third kappa shape index (κ3) is 4.33. The largest absolute Gasteiger partial charge is 0.366 e. The van der Waals surface area contributed by atoms with E-state index >= 15 is 0 Å². The van der Waals surface area contributed by atoms with Gasteiger partial charge in [0.1, 0.15) is 17.5 Å². The molecule has 1 aromatic heterocycles. The van der Waals surface area contributed by atoms with Crippen LogP contribution in [0.5, 0.6) is 0 Å². The molecule has 1 aromatic carbocycles. The molecular formula is C15H17ClN4O2S. The molecule has 1 fully saturated rings. The van der Waals surface area contributed by atoms with Crippen molar-refractivity contribution in [1.29, 1.82) is 0 Å². The standard InChI is InChI=1S/C15H17ClN4O2S/c1-10-17-14(19-12-4-2-11(16)3-5-12)8-15(18-10)20-13-6-7-23(21,22)9-13/h2-5,8,13H,6-7,9H2,1H3,(H2,17,18,19,20). The monoisotopic (exact) mass is 352 g/mol. The Morgan fingerprint density at radius 2 is 1.87 bits per heavy atom. The number of hydrogen-bond acceptors (Lipinski definition) is 6. The van der Waals surface area contributed by atoms with E-state index in [2.05, 4.69) is 20.6 Å². The maximum absolute atomic E-state index is 11.5. The number of sulfone groups is 1. The van der Waals surface area contributed by atoms with E-state index in [1.165, 1.54) is 0 Å². The van der Waals surface area contributed by atoms with Gasteiger partial charge in [0.2, 0.25) is 0 Å². The summed E-state index contributed by atoms with van der Waals surface area (Å²) in [6.07, 6.45) is 0.603. The SMILES string of the molecule is Cc1nc(Nc2ccc(Cl)cc2)cc(NC2CCS(=O)(=O)C2)n1. The van der Waals surface area contributed by atoms with Gasteiger partial charge in [0.15, 0.2) is 9.84 Å². The highest BCUT2D eigenvalue weighted by Crippen LogP contribution is 2.21. The van der Waals surface area contributed by atoms with Gasteiger partial charge in [0, 0.05) is 22.8 Å². The van der Waals surface area contributed by atoms with Crippen LogP contribution in [0.4, 0.5) is 17.3 Å². The number of aromatic nitrogens is 2. The van der Waals surface area contributed by atoms with Crippen LogP contribution >= 0.6 is 11.6 Å². The van der Waals surface area contributed by atoms with Crippen molar-refractivity contribution in [3.05, 3.63) is 41.2 Å². The Morgan fingerprint density at radius 1 is 1.17 bits per heavy atom. The number of rotatable bonds is 4. The summed E-state index contributed by atoms with van der Waals surface area (Å²) in [4.78, 5) is 8.66. The summed E-state index contributed by atoms with van der Waals surface area (Å²) in [6.45, 7) is 1.80. The Hall–Kier alpha value is -1.86. The highest BCUT2D eigenvalue weighted by molar-refractivity contribution is 7.91. The van der Waals surface area contributed by atoms with Gasteiger partial charge in [-0.05, 0) is 37.6 Å². The number of benzene rings is 1. The van der Waals surface area contributed by atoms with Crippen LogP contribution in [-0.4, -0.2) is 35.9 Å². The minimum Gasteiger partial charge on any atom is -0.366 e. The number of hydrogen-bond donors (Lipinski definition) is 2. The number of aryl methyl sites for hydroxylation is 1. The third-order valence-corrected chi connectivity index (χ3v) is 5.56. The zero-order chi connectivity index (χ0) is 16.4. The van der Waals surface area contributed by atoms with Crippen LogP contribution in [0.1, 0.15) is 12.2 Å². The molecule has 1 atom stereocenters. The van der Waals surface area contributed by atoms with E-state index in [1.54, 1.807) is 25.1 Å². The Balaban J connectivity index is 1.75. The first-order valence-electron chi connectivity index (χ1n) is 7.25. The van der Waals surface area contributed by atoms with E-state index in [0.717, 1.165) is 5.69 Å². The number of halogens is 1. The van der Waals surface area contributed by atoms with Gasteiger partial charge >= 0.3 is 0 Å². The molecule has 0 amide bonds. The molecule has 0 spiro atoms. The second kappa shape index (κ2) is 6.33. The number of nitrogens with zero attached hydrogens (tertiary/aromatic N) is 2. The first-order valence-corrected chi connectivity index (χ1v) is 9.45. The van der Waals surface area contributed by atoms with Crippen molar-refractivity contribution in [2.75, 3.05) is 22.1 Å². The lowest BCUT2D eigenvalue weighted by Gasteiger charge is -2.13. The van der Waals surface area contributed by atoms with Crippen molar-refractivity contribution in [3.8, 4) is 0 Å². The van der Waals surface area contributed by atoms with E-state index < -0.39 is 9.84 Å². The smallest absolute Gasteiger partial charge is 0.152 e. The Labute approximate surface area is 140 Å². The second-order valence-corrected chi connectivity index (χ2v) is 8.23. The molecule has 6 nitrogen and oxygen atoms in total. The van der Waals surface area contributed by atoms with E-state index in [-0.39, 0.29) is 17.5 Å². The van der Waals surface area contributed by atoms with Crippen LogP contribution < -0.4 is 10.6 Å². The van der Waals surface area contributed by atoms with E-state index in [9.17, 15) is 8.42 Å². The summed E-state index contributed by atoms with van der Waals surface area (Å²) in [6, 6.07) is 8.97. The summed E-state index contributed by atoms with van der Waals surface area (Å²) < 4.78 is 23.1. The van der Waals surface area contributed by atoms with E-state index in [4.69, 9.17) is 11.6 Å². The minimum atomic E-state index is -2.92. The topological polar surface area (TPSA) is 84.0 Å². The minimum absolute atomic E-state index is 0.0994. The van der Waals surface area contributed by atoms with Crippen LogP contribution in [0.25, 0.3) is 0 Å². The molecule has 0 saturated carbocycles. The molecule has 1 aliphatic heterocycles. The maximum Gasteiger partial charge on any atom is 0.152 e. The predicted molar refractivity (Wildman–Crippen MR) is 92.2 cm³/mol. The first-order chi connectivity index (χ1) is 10.9. The molecule has 8 heteroatoms. The molecule has 23 heavy (non-hydrogen) atoms. The molecule has 0 aliphatic carbocycles. The molecule has 2 heterocycles. The van der Waals surface area contributed by atoms with Gasteiger partial charge in [0.25, 0.3) is 0 Å². The summed E-state index contributed by atoms with van der Waals surface area (Å²) in [5.41, 5.74) is 0.863. The van der Waals surface area contributed by atoms with Gasteiger partial charge in [-0.3, -0.25) is 0 Å². The van der Waals surface area contributed by atoms with Crippen molar-refractivity contribution in [1.82, 2.24) is 9.97 Å². The molecule has 122 valence electrons. The van der Waals surface area contributed by atoms with Crippen molar-refractivity contribution in [2.24, 2.45) is 0 Å². The van der Waals surface area contributed by atoms with Gasteiger partial charge in [-0.1, -0.05) is 11.6 Å². The van der Waals surface area contributed by atoms with Crippen molar-refractivity contribution >= 4 is 38.8 Å². The summed E-state index contributed by atoms with van der Waals surface area (Å²) in [7, 11) is -2.92. The van der Waals surface area contributed by atoms with Gasteiger partial charge in [-0.25, -0.2) is 18.4 Å². The van der Waals surface area contributed by atoms with Crippen LogP contribution in [0.2, 0.25) is 5.02 Å². The number of anilines is 3. The van der Waals surface area contributed by atoms with Crippen molar-refractivity contribution < 1.29 is 8.42 Å². The molecule has 0 bridgehead atoms. The molecular weight excluding hydrogens is 336 g/mol. The molecule has 0 radical (unpaired) electrons. The third-order valence-electron chi connectivity index (χ3n) is 3.54.